The molecule has 1 aromatic carbocycles. The summed E-state index contributed by atoms with van der Waals surface area (Å²) in [5.74, 6) is 1.13. The fourth-order valence-electron chi connectivity index (χ4n) is 3.16. The first-order valence-electron chi connectivity index (χ1n) is 7.31. The van der Waals surface area contributed by atoms with Crippen molar-refractivity contribution in [3.8, 4) is 5.75 Å². The molecular formula is C16H25ClN2O. The second kappa shape index (κ2) is 5.92. The Bertz CT molecular complexity index is 468. The van der Waals surface area contributed by atoms with Gasteiger partial charge in [0.1, 0.15) is 11.4 Å². The van der Waals surface area contributed by atoms with Gasteiger partial charge in [-0.15, -0.1) is 12.4 Å². The molecule has 2 heterocycles. The molecule has 1 saturated heterocycles. The number of nitrogens with two attached hydrogens (primary N) is 1. The van der Waals surface area contributed by atoms with E-state index in [4.69, 9.17) is 10.5 Å². The van der Waals surface area contributed by atoms with Gasteiger partial charge in [0.05, 0.1) is 0 Å². The summed E-state index contributed by atoms with van der Waals surface area (Å²) in [5.41, 5.74) is 8.60. The van der Waals surface area contributed by atoms with Crippen molar-refractivity contribution < 1.29 is 4.74 Å². The average molecular weight is 297 g/mol. The van der Waals surface area contributed by atoms with Crippen molar-refractivity contribution in [3.63, 3.8) is 0 Å². The van der Waals surface area contributed by atoms with Crippen LogP contribution in [0, 0.1) is 0 Å². The van der Waals surface area contributed by atoms with Crippen LogP contribution in [-0.4, -0.2) is 29.6 Å². The number of nitrogens with zero attached hydrogens (tertiary/aromatic N) is 1. The highest BCUT2D eigenvalue weighted by Gasteiger charge is 2.31. The number of ether oxygens (including phenoxy) is 1. The third kappa shape index (κ3) is 3.27. The van der Waals surface area contributed by atoms with E-state index in [-0.39, 0.29) is 18.0 Å². The van der Waals surface area contributed by atoms with Crippen LogP contribution in [0.1, 0.15) is 37.8 Å². The molecule has 0 aromatic heterocycles. The van der Waals surface area contributed by atoms with E-state index in [1.54, 1.807) is 0 Å². The van der Waals surface area contributed by atoms with E-state index in [9.17, 15) is 0 Å². The van der Waals surface area contributed by atoms with Crippen LogP contribution < -0.4 is 10.5 Å². The van der Waals surface area contributed by atoms with Gasteiger partial charge in [-0.3, -0.25) is 4.90 Å². The second-order valence-corrected chi connectivity index (χ2v) is 6.56. The summed E-state index contributed by atoms with van der Waals surface area (Å²) in [6.07, 6.45) is 3.24. The van der Waals surface area contributed by atoms with Gasteiger partial charge in [-0.1, -0.05) is 18.2 Å². The van der Waals surface area contributed by atoms with Crippen molar-refractivity contribution in [3.05, 3.63) is 29.3 Å². The molecule has 0 atom stereocenters. The van der Waals surface area contributed by atoms with E-state index in [0.717, 1.165) is 44.6 Å². The van der Waals surface area contributed by atoms with Gasteiger partial charge >= 0.3 is 0 Å². The van der Waals surface area contributed by atoms with E-state index in [1.165, 1.54) is 11.1 Å². The number of likely N-dealkylation sites (tertiary alicyclic amines) is 1. The van der Waals surface area contributed by atoms with Gasteiger partial charge in [-0.05, 0) is 45.3 Å². The number of halogens is 1. The van der Waals surface area contributed by atoms with E-state index < -0.39 is 0 Å². The first kappa shape index (κ1) is 15.6. The largest absolute Gasteiger partial charge is 0.487 e. The summed E-state index contributed by atoms with van der Waals surface area (Å²) in [5, 5.41) is 0. The van der Waals surface area contributed by atoms with Crippen LogP contribution in [0.25, 0.3) is 0 Å². The van der Waals surface area contributed by atoms with Crippen LogP contribution in [0.15, 0.2) is 18.2 Å². The zero-order valence-corrected chi connectivity index (χ0v) is 13.2. The summed E-state index contributed by atoms with van der Waals surface area (Å²) < 4.78 is 6.14. The van der Waals surface area contributed by atoms with Crippen LogP contribution in [-0.2, 0) is 13.0 Å². The normalized spacial score (nSPS) is 21.9. The van der Waals surface area contributed by atoms with E-state index >= 15 is 0 Å². The molecule has 2 aliphatic heterocycles. The third-order valence-electron chi connectivity index (χ3n) is 4.20. The maximum absolute atomic E-state index is 6.14. The highest BCUT2D eigenvalue weighted by atomic mass is 35.5. The Balaban J connectivity index is 0.00000147. The lowest BCUT2D eigenvalue weighted by Crippen LogP contribution is -2.39. The van der Waals surface area contributed by atoms with E-state index in [2.05, 4.69) is 36.9 Å². The lowest BCUT2D eigenvalue weighted by atomic mass is 10.00. The Morgan fingerprint density at radius 1 is 1.30 bits per heavy atom. The Labute approximate surface area is 127 Å². The molecule has 1 aromatic rings. The molecule has 3 rings (SSSR count). The number of fused-ring (bicyclic) bond motifs is 1. The Kier molecular flexibility index (Phi) is 4.62. The standard InChI is InChI=1S/C16H24N2O.ClH/c1-16(2)10-12-4-3-5-13(15(12)19-16)11-18-8-6-14(17)7-9-18;/h3-5,14H,6-11,17H2,1-2H3;1H. The fourth-order valence-corrected chi connectivity index (χ4v) is 3.16. The van der Waals surface area contributed by atoms with Gasteiger partial charge in [0.2, 0.25) is 0 Å². The minimum absolute atomic E-state index is 0. The molecule has 112 valence electrons. The van der Waals surface area contributed by atoms with Crippen molar-refractivity contribution in [2.75, 3.05) is 13.1 Å². The maximum Gasteiger partial charge on any atom is 0.127 e. The predicted molar refractivity (Wildman–Crippen MR) is 84.6 cm³/mol. The number of para-hydroxylation sites is 1. The van der Waals surface area contributed by atoms with Crippen molar-refractivity contribution in [2.45, 2.75) is 51.3 Å². The highest BCUT2D eigenvalue weighted by Crippen LogP contribution is 2.38. The van der Waals surface area contributed by atoms with Gasteiger partial charge in [0, 0.05) is 24.6 Å². The predicted octanol–water partition coefficient (Wildman–Crippen LogP) is 2.75. The fraction of sp³-hybridized carbons (Fsp3) is 0.625. The molecule has 20 heavy (non-hydrogen) atoms. The highest BCUT2D eigenvalue weighted by molar-refractivity contribution is 5.85. The number of hydrogen-bond acceptors (Lipinski definition) is 3. The summed E-state index contributed by atoms with van der Waals surface area (Å²) in [6, 6.07) is 6.95. The van der Waals surface area contributed by atoms with Gasteiger partial charge in [-0.2, -0.15) is 0 Å². The molecule has 0 radical (unpaired) electrons. The first-order valence-corrected chi connectivity index (χ1v) is 7.31. The van der Waals surface area contributed by atoms with Crippen LogP contribution in [0.4, 0.5) is 0 Å². The Morgan fingerprint density at radius 2 is 2.00 bits per heavy atom. The zero-order valence-electron chi connectivity index (χ0n) is 12.4. The lowest BCUT2D eigenvalue weighted by molar-refractivity contribution is 0.134. The molecule has 1 fully saturated rings. The SMILES string of the molecule is CC1(C)Cc2cccc(CN3CCC(N)CC3)c2O1.Cl. The Hall–Kier alpha value is -0.770. The molecule has 0 bridgehead atoms. The van der Waals surface area contributed by atoms with Gasteiger partial charge < -0.3 is 10.5 Å². The summed E-state index contributed by atoms with van der Waals surface area (Å²) >= 11 is 0. The minimum atomic E-state index is -0.0529. The molecule has 0 saturated carbocycles. The maximum atomic E-state index is 6.14. The van der Waals surface area contributed by atoms with E-state index in [1.807, 2.05) is 0 Å². The van der Waals surface area contributed by atoms with Crippen LogP contribution in [0.2, 0.25) is 0 Å². The average Bonchev–Trinajstić information content (AvgIpc) is 2.67. The third-order valence-corrected chi connectivity index (χ3v) is 4.20. The molecule has 0 spiro atoms. The van der Waals surface area contributed by atoms with Crippen molar-refractivity contribution in [2.24, 2.45) is 5.73 Å². The second-order valence-electron chi connectivity index (χ2n) is 6.56. The number of rotatable bonds is 2. The van der Waals surface area contributed by atoms with Crippen molar-refractivity contribution >= 4 is 12.4 Å². The molecular weight excluding hydrogens is 272 g/mol. The van der Waals surface area contributed by atoms with E-state index in [0.29, 0.717) is 6.04 Å². The first-order chi connectivity index (χ1) is 9.03. The summed E-state index contributed by atoms with van der Waals surface area (Å²) in [4.78, 5) is 2.49. The van der Waals surface area contributed by atoms with Crippen LogP contribution in [0.3, 0.4) is 0 Å². The number of benzene rings is 1. The number of hydrogen-bond donors (Lipinski definition) is 1. The zero-order chi connectivity index (χ0) is 13.5. The van der Waals surface area contributed by atoms with Gasteiger partial charge in [-0.25, -0.2) is 0 Å². The molecule has 3 nitrogen and oxygen atoms in total. The minimum Gasteiger partial charge on any atom is -0.487 e. The summed E-state index contributed by atoms with van der Waals surface area (Å²) in [6.45, 7) is 7.53. The smallest absolute Gasteiger partial charge is 0.127 e. The molecule has 0 amide bonds. The van der Waals surface area contributed by atoms with Crippen LogP contribution >= 0.6 is 12.4 Å². The Morgan fingerprint density at radius 3 is 2.70 bits per heavy atom. The van der Waals surface area contributed by atoms with Gasteiger partial charge in [0.15, 0.2) is 0 Å². The molecule has 0 aliphatic carbocycles. The quantitative estimate of drug-likeness (QED) is 0.912. The van der Waals surface area contributed by atoms with Crippen molar-refractivity contribution in [1.29, 1.82) is 0 Å². The van der Waals surface area contributed by atoms with Crippen molar-refractivity contribution in [1.82, 2.24) is 4.90 Å². The van der Waals surface area contributed by atoms with Crippen LogP contribution in [0.5, 0.6) is 5.75 Å². The lowest BCUT2D eigenvalue weighted by Gasteiger charge is -2.30. The topological polar surface area (TPSA) is 38.5 Å². The number of piperidine rings is 1. The van der Waals surface area contributed by atoms with Gasteiger partial charge in [0.25, 0.3) is 0 Å². The molecule has 2 N–H and O–H groups in total. The monoisotopic (exact) mass is 296 g/mol. The summed E-state index contributed by atoms with van der Waals surface area (Å²) in [7, 11) is 0. The molecule has 2 aliphatic rings. The molecule has 0 unspecified atom stereocenters. The molecule has 4 heteroatoms.